The Hall–Kier alpha value is -1.35. The van der Waals surface area contributed by atoms with Crippen molar-refractivity contribution in [2.75, 3.05) is 19.6 Å². The zero-order chi connectivity index (χ0) is 13.2. The van der Waals surface area contributed by atoms with Crippen molar-refractivity contribution in [2.45, 2.75) is 33.1 Å². The maximum Gasteiger partial charge on any atom is 0.139 e. The van der Waals surface area contributed by atoms with Gasteiger partial charge in [-0.2, -0.15) is 0 Å². The lowest BCUT2D eigenvalue weighted by atomic mass is 9.94. The maximum atomic E-state index is 4.80. The molecule has 0 bridgehead atoms. The van der Waals surface area contributed by atoms with E-state index in [0.29, 0.717) is 0 Å². The summed E-state index contributed by atoms with van der Waals surface area (Å²) in [6.45, 7) is 8.09. The van der Waals surface area contributed by atoms with Gasteiger partial charge in [0, 0.05) is 18.9 Å². The van der Waals surface area contributed by atoms with Gasteiger partial charge in [0.05, 0.1) is 5.69 Å². The summed E-state index contributed by atoms with van der Waals surface area (Å²) in [5.74, 6) is 0.777. The number of hydrogen-bond acceptors (Lipinski definition) is 2. The molecule has 0 amide bonds. The van der Waals surface area contributed by atoms with Gasteiger partial charge in [0.2, 0.25) is 0 Å². The number of nitrogens with zero attached hydrogens (tertiary/aromatic N) is 3. The fourth-order valence-electron chi connectivity index (χ4n) is 3.20. The Kier molecular flexibility index (Phi) is 3.56. The van der Waals surface area contributed by atoms with Crippen LogP contribution < -0.4 is 0 Å². The Morgan fingerprint density at radius 1 is 1.42 bits per heavy atom. The summed E-state index contributed by atoms with van der Waals surface area (Å²) in [6.07, 6.45) is 8.11. The molecule has 0 aliphatic carbocycles. The van der Waals surface area contributed by atoms with Gasteiger partial charge in [-0.25, -0.2) is 4.98 Å². The second kappa shape index (κ2) is 5.33. The van der Waals surface area contributed by atoms with Gasteiger partial charge in [-0.3, -0.25) is 0 Å². The number of pyridine rings is 1. The Bertz CT molecular complexity index is 558. The lowest BCUT2D eigenvalue weighted by molar-refractivity contribution is 0.181. The van der Waals surface area contributed by atoms with Crippen LogP contribution in [0.3, 0.4) is 0 Å². The van der Waals surface area contributed by atoms with Crippen LogP contribution in [0.1, 0.15) is 31.0 Å². The number of likely N-dealkylation sites (tertiary alicyclic amines) is 1. The molecular weight excluding hydrogens is 234 g/mol. The van der Waals surface area contributed by atoms with Crippen molar-refractivity contribution in [3.05, 3.63) is 35.8 Å². The molecular formula is C16H23N3. The van der Waals surface area contributed by atoms with E-state index < -0.39 is 0 Å². The molecule has 1 fully saturated rings. The van der Waals surface area contributed by atoms with Crippen LogP contribution in [-0.2, 0) is 6.42 Å². The first-order valence-corrected chi connectivity index (χ1v) is 7.42. The smallest absolute Gasteiger partial charge is 0.139 e. The number of rotatable bonds is 3. The minimum atomic E-state index is 0.777. The largest absolute Gasteiger partial charge is 0.307 e. The highest BCUT2D eigenvalue weighted by atomic mass is 15.1. The standard InChI is InChI=1S/C16H23N3/c1-3-18-8-5-7-14(11-18)10-15-12-19-9-4-6-13(2)16(19)17-15/h4,6,9,12,14H,3,5,7-8,10-11H2,1-2H3. The number of aromatic nitrogens is 2. The van der Waals surface area contributed by atoms with Gasteiger partial charge in [0.1, 0.15) is 5.65 Å². The Balaban J connectivity index is 1.76. The molecule has 2 aromatic heterocycles. The van der Waals surface area contributed by atoms with E-state index in [2.05, 4.69) is 47.7 Å². The summed E-state index contributed by atoms with van der Waals surface area (Å²) < 4.78 is 2.16. The van der Waals surface area contributed by atoms with E-state index in [-0.39, 0.29) is 0 Å². The molecule has 1 aliphatic rings. The Morgan fingerprint density at radius 3 is 3.11 bits per heavy atom. The molecule has 19 heavy (non-hydrogen) atoms. The summed E-state index contributed by atoms with van der Waals surface area (Å²) in [7, 11) is 0. The molecule has 0 radical (unpaired) electrons. The van der Waals surface area contributed by atoms with E-state index in [1.807, 2.05) is 0 Å². The zero-order valence-corrected chi connectivity index (χ0v) is 12.0. The minimum absolute atomic E-state index is 0.777. The normalized spacial score (nSPS) is 21.1. The average molecular weight is 257 g/mol. The van der Waals surface area contributed by atoms with Gasteiger partial charge in [0.15, 0.2) is 0 Å². The highest BCUT2D eigenvalue weighted by molar-refractivity contribution is 5.47. The van der Waals surface area contributed by atoms with E-state index in [1.54, 1.807) is 0 Å². The topological polar surface area (TPSA) is 20.5 Å². The first-order valence-electron chi connectivity index (χ1n) is 7.42. The van der Waals surface area contributed by atoms with Crippen LogP contribution in [0.4, 0.5) is 0 Å². The summed E-state index contributed by atoms with van der Waals surface area (Å²) >= 11 is 0. The minimum Gasteiger partial charge on any atom is -0.307 e. The lowest BCUT2D eigenvalue weighted by Crippen LogP contribution is -2.35. The third-order valence-corrected chi connectivity index (χ3v) is 4.28. The lowest BCUT2D eigenvalue weighted by Gasteiger charge is -2.31. The third kappa shape index (κ3) is 2.66. The van der Waals surface area contributed by atoms with Crippen LogP contribution in [0.25, 0.3) is 5.65 Å². The van der Waals surface area contributed by atoms with Crippen molar-refractivity contribution in [3.8, 4) is 0 Å². The highest BCUT2D eigenvalue weighted by Crippen LogP contribution is 2.21. The molecule has 3 heteroatoms. The van der Waals surface area contributed by atoms with Crippen molar-refractivity contribution < 1.29 is 0 Å². The van der Waals surface area contributed by atoms with Gasteiger partial charge in [0.25, 0.3) is 0 Å². The van der Waals surface area contributed by atoms with Crippen LogP contribution in [0.2, 0.25) is 0 Å². The van der Waals surface area contributed by atoms with Gasteiger partial charge < -0.3 is 9.30 Å². The molecule has 2 aromatic rings. The molecule has 1 unspecified atom stereocenters. The monoisotopic (exact) mass is 257 g/mol. The Morgan fingerprint density at radius 2 is 2.32 bits per heavy atom. The number of aryl methyl sites for hydroxylation is 1. The van der Waals surface area contributed by atoms with E-state index in [1.165, 1.54) is 43.7 Å². The Labute approximate surface area is 115 Å². The summed E-state index contributed by atoms with van der Waals surface area (Å²) in [6, 6.07) is 4.22. The van der Waals surface area contributed by atoms with Crippen molar-refractivity contribution in [2.24, 2.45) is 5.92 Å². The predicted molar refractivity (Wildman–Crippen MR) is 78.5 cm³/mol. The van der Waals surface area contributed by atoms with E-state index in [9.17, 15) is 0 Å². The van der Waals surface area contributed by atoms with Crippen molar-refractivity contribution in [3.63, 3.8) is 0 Å². The van der Waals surface area contributed by atoms with E-state index in [4.69, 9.17) is 4.98 Å². The number of imidazole rings is 1. The summed E-state index contributed by atoms with van der Waals surface area (Å²) in [5, 5.41) is 0. The first kappa shape index (κ1) is 12.7. The predicted octanol–water partition coefficient (Wildman–Crippen LogP) is 2.92. The first-order chi connectivity index (χ1) is 9.26. The van der Waals surface area contributed by atoms with Crippen LogP contribution in [-0.4, -0.2) is 33.9 Å². The molecule has 3 nitrogen and oxygen atoms in total. The number of piperidine rings is 1. The SMILES string of the molecule is CCN1CCCC(Cc2cn3cccc(C)c3n2)C1. The zero-order valence-electron chi connectivity index (χ0n) is 12.0. The molecule has 3 rings (SSSR count). The molecule has 1 atom stereocenters. The fourth-order valence-corrected chi connectivity index (χ4v) is 3.20. The summed E-state index contributed by atoms with van der Waals surface area (Å²) in [5.41, 5.74) is 3.62. The third-order valence-electron chi connectivity index (χ3n) is 4.28. The van der Waals surface area contributed by atoms with Crippen LogP contribution in [0.5, 0.6) is 0 Å². The molecule has 0 aromatic carbocycles. The van der Waals surface area contributed by atoms with Crippen molar-refractivity contribution >= 4 is 5.65 Å². The van der Waals surface area contributed by atoms with E-state index >= 15 is 0 Å². The van der Waals surface area contributed by atoms with E-state index in [0.717, 1.165) is 18.0 Å². The molecule has 1 aliphatic heterocycles. The quantitative estimate of drug-likeness (QED) is 0.842. The second-order valence-corrected chi connectivity index (χ2v) is 5.76. The van der Waals surface area contributed by atoms with Crippen molar-refractivity contribution in [1.82, 2.24) is 14.3 Å². The fraction of sp³-hybridized carbons (Fsp3) is 0.562. The molecule has 1 saturated heterocycles. The molecule has 3 heterocycles. The van der Waals surface area contributed by atoms with Crippen molar-refractivity contribution in [1.29, 1.82) is 0 Å². The molecule has 0 N–H and O–H groups in total. The van der Waals surface area contributed by atoms with Crippen LogP contribution in [0, 0.1) is 12.8 Å². The van der Waals surface area contributed by atoms with Gasteiger partial charge in [-0.15, -0.1) is 0 Å². The maximum absolute atomic E-state index is 4.80. The van der Waals surface area contributed by atoms with Gasteiger partial charge in [-0.1, -0.05) is 13.0 Å². The van der Waals surface area contributed by atoms with Crippen LogP contribution >= 0.6 is 0 Å². The molecule has 0 spiro atoms. The van der Waals surface area contributed by atoms with Gasteiger partial charge in [-0.05, 0) is 56.8 Å². The summed E-state index contributed by atoms with van der Waals surface area (Å²) in [4.78, 5) is 7.37. The highest BCUT2D eigenvalue weighted by Gasteiger charge is 2.20. The van der Waals surface area contributed by atoms with Gasteiger partial charge >= 0.3 is 0 Å². The van der Waals surface area contributed by atoms with Crippen LogP contribution in [0.15, 0.2) is 24.5 Å². The molecule has 0 saturated carbocycles. The number of fused-ring (bicyclic) bond motifs is 1. The average Bonchev–Trinajstić information content (AvgIpc) is 2.83. The second-order valence-electron chi connectivity index (χ2n) is 5.76. The molecule has 102 valence electrons. The number of hydrogen-bond donors (Lipinski definition) is 0.